The maximum atomic E-state index is 8.87. The van der Waals surface area contributed by atoms with Crippen molar-refractivity contribution in [1.82, 2.24) is 4.90 Å². The van der Waals surface area contributed by atoms with Gasteiger partial charge in [0.25, 0.3) is 0 Å². The predicted molar refractivity (Wildman–Crippen MR) is 52.0 cm³/mol. The van der Waals surface area contributed by atoms with Crippen LogP contribution in [0.2, 0.25) is 0 Å². The third-order valence-electron chi connectivity index (χ3n) is 3.40. The summed E-state index contributed by atoms with van der Waals surface area (Å²) in [6.07, 6.45) is 6.68. The zero-order valence-corrected chi connectivity index (χ0v) is 8.11. The van der Waals surface area contributed by atoms with E-state index in [1.165, 1.54) is 6.42 Å². The second-order valence-electron chi connectivity index (χ2n) is 4.14. The molecule has 2 aliphatic rings. The van der Waals surface area contributed by atoms with Crippen molar-refractivity contribution in [2.75, 3.05) is 13.1 Å². The number of allylic oxidation sites excluding steroid dienone is 1. The molecule has 1 saturated carbocycles. The molecule has 1 aliphatic heterocycles. The van der Waals surface area contributed by atoms with Crippen LogP contribution in [0.15, 0.2) is 12.2 Å². The molecule has 0 spiro atoms. The smallest absolute Gasteiger partial charge is 0.0659 e. The molecule has 0 aromatic carbocycles. The number of likely N-dealkylation sites (tertiary alicyclic amines) is 1. The molecule has 0 aromatic heterocycles. The van der Waals surface area contributed by atoms with Crippen LogP contribution < -0.4 is 0 Å². The fraction of sp³-hybridized carbons (Fsp3) is 0.727. The monoisotopic (exact) mass is 176 g/mol. The van der Waals surface area contributed by atoms with Crippen molar-refractivity contribution >= 4 is 0 Å². The molecule has 3 unspecified atom stereocenters. The Bertz CT molecular complexity index is 251. The molecule has 1 saturated heterocycles. The highest BCUT2D eigenvalue weighted by Gasteiger charge is 2.43. The number of nitrogens with zero attached hydrogens (tertiary/aromatic N) is 2. The molecule has 2 rings (SSSR count). The first-order chi connectivity index (χ1) is 6.35. The maximum absolute atomic E-state index is 8.87. The molecule has 3 atom stereocenters. The maximum Gasteiger partial charge on any atom is 0.0659 e. The number of hydrogen-bond acceptors (Lipinski definition) is 2. The summed E-state index contributed by atoms with van der Waals surface area (Å²) in [7, 11) is 0. The average molecular weight is 176 g/mol. The van der Waals surface area contributed by atoms with Gasteiger partial charge in [-0.1, -0.05) is 12.2 Å². The first-order valence-corrected chi connectivity index (χ1v) is 5.10. The number of nitriles is 1. The van der Waals surface area contributed by atoms with Gasteiger partial charge in [-0.15, -0.1) is 0 Å². The van der Waals surface area contributed by atoms with E-state index < -0.39 is 0 Å². The van der Waals surface area contributed by atoms with Crippen LogP contribution in [0, 0.1) is 23.2 Å². The van der Waals surface area contributed by atoms with Gasteiger partial charge in [0.05, 0.1) is 12.0 Å². The molecule has 0 amide bonds. The van der Waals surface area contributed by atoms with Gasteiger partial charge < -0.3 is 0 Å². The fourth-order valence-corrected chi connectivity index (χ4v) is 2.67. The molecular weight excluding hydrogens is 160 g/mol. The van der Waals surface area contributed by atoms with E-state index in [0.717, 1.165) is 19.5 Å². The van der Waals surface area contributed by atoms with Gasteiger partial charge >= 0.3 is 0 Å². The predicted octanol–water partition coefficient (Wildman–Crippen LogP) is 1.80. The Hall–Kier alpha value is -0.810. The van der Waals surface area contributed by atoms with Gasteiger partial charge in [0.1, 0.15) is 0 Å². The Kier molecular flexibility index (Phi) is 2.37. The Morgan fingerprint density at radius 2 is 2.38 bits per heavy atom. The van der Waals surface area contributed by atoms with Crippen molar-refractivity contribution in [2.24, 2.45) is 11.8 Å². The molecule has 2 heteroatoms. The fourth-order valence-electron chi connectivity index (χ4n) is 2.67. The topological polar surface area (TPSA) is 27.0 Å². The molecule has 1 heterocycles. The molecule has 2 bridgehead atoms. The van der Waals surface area contributed by atoms with Crippen molar-refractivity contribution in [3.05, 3.63) is 12.2 Å². The first-order valence-electron chi connectivity index (χ1n) is 5.10. The number of piperidine rings is 1. The zero-order valence-electron chi connectivity index (χ0n) is 8.11. The van der Waals surface area contributed by atoms with Crippen LogP contribution in [0.3, 0.4) is 0 Å². The first kappa shape index (κ1) is 8.77. The minimum Gasteiger partial charge on any atom is -0.296 e. The number of hydrogen-bond donors (Lipinski definition) is 0. The van der Waals surface area contributed by atoms with Gasteiger partial charge in [0, 0.05) is 19.1 Å². The van der Waals surface area contributed by atoms with Gasteiger partial charge in [-0.25, -0.2) is 0 Å². The quantitative estimate of drug-likeness (QED) is 0.600. The second kappa shape index (κ2) is 3.51. The van der Waals surface area contributed by atoms with Crippen molar-refractivity contribution in [3.63, 3.8) is 0 Å². The minimum absolute atomic E-state index is 0.354. The Morgan fingerprint density at radius 3 is 2.92 bits per heavy atom. The van der Waals surface area contributed by atoms with Crippen LogP contribution >= 0.6 is 0 Å². The van der Waals surface area contributed by atoms with Crippen molar-refractivity contribution < 1.29 is 0 Å². The molecular formula is C11H16N2. The lowest BCUT2D eigenvalue weighted by Gasteiger charge is -2.27. The average Bonchev–Trinajstić information content (AvgIpc) is 2.72. The van der Waals surface area contributed by atoms with Gasteiger partial charge in [-0.05, 0) is 25.7 Å². The van der Waals surface area contributed by atoms with Gasteiger partial charge in [0.2, 0.25) is 0 Å². The highest BCUT2D eigenvalue weighted by molar-refractivity contribution is 5.05. The lowest BCUT2D eigenvalue weighted by molar-refractivity contribution is 0.213. The highest BCUT2D eigenvalue weighted by atomic mass is 15.2. The third kappa shape index (κ3) is 1.49. The summed E-state index contributed by atoms with van der Waals surface area (Å²) in [5.41, 5.74) is 0. The zero-order chi connectivity index (χ0) is 9.26. The van der Waals surface area contributed by atoms with E-state index in [1.54, 1.807) is 0 Å². The van der Waals surface area contributed by atoms with E-state index >= 15 is 0 Å². The van der Waals surface area contributed by atoms with Crippen LogP contribution in [0.4, 0.5) is 0 Å². The van der Waals surface area contributed by atoms with Gasteiger partial charge in [0.15, 0.2) is 0 Å². The van der Waals surface area contributed by atoms with Crippen LogP contribution in [0.1, 0.15) is 19.8 Å². The van der Waals surface area contributed by atoms with Crippen LogP contribution in [0.25, 0.3) is 0 Å². The molecule has 70 valence electrons. The normalized spacial score (nSPS) is 38.6. The summed E-state index contributed by atoms with van der Waals surface area (Å²) in [5, 5.41) is 8.87. The molecule has 0 N–H and O–H groups in total. The molecule has 13 heavy (non-hydrogen) atoms. The van der Waals surface area contributed by atoms with Gasteiger partial charge in [-0.2, -0.15) is 5.26 Å². The lowest BCUT2D eigenvalue weighted by atomic mass is 9.96. The van der Waals surface area contributed by atoms with E-state index in [4.69, 9.17) is 5.26 Å². The standard InChI is InChI=1S/C11H16N2/c1-2-3-4-13-8-10-6-11(13)5-9(10)7-12/h2-3,9-11H,4-6,8H2,1H3/b3-2+. The van der Waals surface area contributed by atoms with E-state index in [2.05, 4.69) is 30.0 Å². The van der Waals surface area contributed by atoms with E-state index in [1.807, 2.05) is 0 Å². The largest absolute Gasteiger partial charge is 0.296 e. The molecule has 0 radical (unpaired) electrons. The van der Waals surface area contributed by atoms with Crippen LogP contribution in [-0.4, -0.2) is 24.0 Å². The summed E-state index contributed by atoms with van der Waals surface area (Å²) in [4.78, 5) is 2.51. The Morgan fingerprint density at radius 1 is 1.54 bits per heavy atom. The third-order valence-corrected chi connectivity index (χ3v) is 3.40. The van der Waals surface area contributed by atoms with Crippen molar-refractivity contribution in [3.8, 4) is 6.07 Å². The molecule has 2 fully saturated rings. The summed E-state index contributed by atoms with van der Waals surface area (Å²) in [6.45, 7) is 4.29. The lowest BCUT2D eigenvalue weighted by Crippen LogP contribution is -2.35. The van der Waals surface area contributed by atoms with Gasteiger partial charge in [-0.3, -0.25) is 4.90 Å². The van der Waals surface area contributed by atoms with E-state index in [0.29, 0.717) is 17.9 Å². The summed E-state index contributed by atoms with van der Waals surface area (Å²) >= 11 is 0. The molecule has 1 aliphatic carbocycles. The summed E-state index contributed by atoms with van der Waals surface area (Å²) in [6, 6.07) is 3.13. The SMILES string of the molecule is C/C=C/CN1CC2CC1CC2C#N. The van der Waals surface area contributed by atoms with Crippen LogP contribution in [0.5, 0.6) is 0 Å². The van der Waals surface area contributed by atoms with E-state index in [-0.39, 0.29) is 0 Å². The van der Waals surface area contributed by atoms with Crippen LogP contribution in [-0.2, 0) is 0 Å². The van der Waals surface area contributed by atoms with Crippen molar-refractivity contribution in [2.45, 2.75) is 25.8 Å². The minimum atomic E-state index is 0.354. The number of rotatable bonds is 2. The van der Waals surface area contributed by atoms with Crippen molar-refractivity contribution in [1.29, 1.82) is 5.26 Å². The number of fused-ring (bicyclic) bond motifs is 2. The molecule has 0 aromatic rings. The summed E-state index contributed by atoms with van der Waals surface area (Å²) < 4.78 is 0. The highest BCUT2D eigenvalue weighted by Crippen LogP contribution is 2.41. The van der Waals surface area contributed by atoms with E-state index in [9.17, 15) is 0 Å². The summed E-state index contributed by atoms with van der Waals surface area (Å²) in [5.74, 6) is 1.02. The Balaban J connectivity index is 1.92. The Labute approximate surface area is 79.8 Å². The second-order valence-corrected chi connectivity index (χ2v) is 4.14. The molecule has 2 nitrogen and oxygen atoms in total.